The number of unbranched alkanes of at least 4 members (excludes halogenated alkanes) is 4. The van der Waals surface area contributed by atoms with E-state index in [0.29, 0.717) is 22.8 Å². The van der Waals surface area contributed by atoms with Crippen LogP contribution >= 0.6 is 0 Å². The lowest BCUT2D eigenvalue weighted by Gasteiger charge is -2.09. The number of hydrogen-bond acceptors (Lipinski definition) is 0. The molecule has 3 aromatic rings. The van der Waals surface area contributed by atoms with Crippen LogP contribution in [0.1, 0.15) is 74.6 Å². The Hall–Kier alpha value is -2.55. The molecule has 0 saturated heterocycles. The Balaban J connectivity index is 1.82. The molecule has 0 bridgehead atoms. The summed E-state index contributed by atoms with van der Waals surface area (Å²) in [6.07, 6.45) is 8.12. The van der Waals surface area contributed by atoms with E-state index in [1.165, 1.54) is 12.1 Å². The minimum absolute atomic E-state index is 0.121. The van der Waals surface area contributed by atoms with Crippen molar-refractivity contribution in [3.8, 4) is 0 Å². The van der Waals surface area contributed by atoms with Gasteiger partial charge in [0.25, 0.3) is 0 Å². The zero-order chi connectivity index (χ0) is 22.2. The first-order valence-electron chi connectivity index (χ1n) is 11.4. The van der Waals surface area contributed by atoms with Crippen LogP contribution in [0.25, 0.3) is 22.4 Å². The van der Waals surface area contributed by atoms with E-state index in [1.807, 2.05) is 12.1 Å². The number of fused-ring (bicyclic) bond motifs is 1. The molecule has 164 valence electrons. The van der Waals surface area contributed by atoms with Gasteiger partial charge in [0, 0.05) is 16.5 Å². The fraction of sp³-hybridized carbons (Fsp3) is 0.357. The molecule has 31 heavy (non-hydrogen) atoms. The van der Waals surface area contributed by atoms with Gasteiger partial charge in [0.05, 0.1) is 0 Å². The average Bonchev–Trinajstić information content (AvgIpc) is 2.80. The summed E-state index contributed by atoms with van der Waals surface area (Å²) >= 11 is 0. The summed E-state index contributed by atoms with van der Waals surface area (Å²) in [4.78, 5) is 0. The number of halogens is 3. The van der Waals surface area contributed by atoms with Gasteiger partial charge in [-0.05, 0) is 48.3 Å². The quantitative estimate of drug-likeness (QED) is 0.225. The summed E-state index contributed by atoms with van der Waals surface area (Å²) in [5.74, 6) is -2.08. The van der Waals surface area contributed by atoms with E-state index >= 15 is 0 Å². The van der Waals surface area contributed by atoms with Crippen molar-refractivity contribution in [3.05, 3.63) is 82.7 Å². The van der Waals surface area contributed by atoms with Crippen molar-refractivity contribution in [2.24, 2.45) is 0 Å². The van der Waals surface area contributed by atoms with Gasteiger partial charge in [-0.1, -0.05) is 88.1 Å². The number of benzene rings is 3. The summed E-state index contributed by atoms with van der Waals surface area (Å²) in [7, 11) is 0. The first-order chi connectivity index (χ1) is 15.0. The van der Waals surface area contributed by atoms with Crippen LogP contribution in [0.5, 0.6) is 0 Å². The molecule has 0 spiro atoms. The molecule has 0 aliphatic rings. The molecule has 0 nitrogen and oxygen atoms in total. The average molecular weight is 425 g/mol. The van der Waals surface area contributed by atoms with Gasteiger partial charge in [0.2, 0.25) is 0 Å². The van der Waals surface area contributed by atoms with Gasteiger partial charge < -0.3 is 0 Å². The third-order valence-electron chi connectivity index (χ3n) is 5.81. The van der Waals surface area contributed by atoms with Gasteiger partial charge in [-0.2, -0.15) is 0 Å². The normalized spacial score (nSPS) is 12.3. The molecule has 0 radical (unpaired) electrons. The van der Waals surface area contributed by atoms with Gasteiger partial charge in [-0.25, -0.2) is 13.2 Å². The molecule has 0 aliphatic carbocycles. The molecule has 3 heteroatoms. The predicted molar refractivity (Wildman–Crippen MR) is 126 cm³/mol. The van der Waals surface area contributed by atoms with Crippen LogP contribution in [0.4, 0.5) is 13.2 Å². The Kier molecular flexibility index (Phi) is 8.34. The number of aryl methyl sites for hydroxylation is 2. The molecule has 0 saturated carbocycles. The largest absolute Gasteiger partial charge is 0.206 e. The molecule has 0 heterocycles. The van der Waals surface area contributed by atoms with Crippen LogP contribution in [-0.2, 0) is 12.8 Å². The zero-order valence-electron chi connectivity index (χ0n) is 18.5. The second-order valence-corrected chi connectivity index (χ2v) is 8.21. The number of rotatable bonds is 10. The van der Waals surface area contributed by atoms with Crippen LogP contribution < -0.4 is 0 Å². The highest BCUT2D eigenvalue weighted by atomic mass is 19.2. The Labute approximate surface area is 183 Å². The smallest absolute Gasteiger partial charge is 0.166 e. The molecule has 0 atom stereocenters. The molecule has 3 rings (SSSR count). The molecular formula is C28H31F3. The molecule has 0 fully saturated rings. The highest BCUT2D eigenvalue weighted by molar-refractivity contribution is 5.90. The fourth-order valence-corrected chi connectivity index (χ4v) is 3.88. The van der Waals surface area contributed by atoms with Crippen molar-refractivity contribution in [2.75, 3.05) is 0 Å². The van der Waals surface area contributed by atoms with Crippen molar-refractivity contribution in [3.63, 3.8) is 0 Å². The maximum absolute atomic E-state index is 14.9. The van der Waals surface area contributed by atoms with Gasteiger partial charge in [0.1, 0.15) is 5.82 Å². The standard InChI is InChI=1S/C28H31F3/c1-3-5-7-9-20-11-13-22(14-12-20)27(30)28(31)24-17-18-25-23(19-24)16-15-21(26(25)29)10-8-6-4-2/h11-19H,3-10H2,1-2H3. The first-order valence-corrected chi connectivity index (χ1v) is 11.4. The third-order valence-corrected chi connectivity index (χ3v) is 5.81. The maximum atomic E-state index is 14.9. The predicted octanol–water partition coefficient (Wildman–Crippen LogP) is 9.21. The second-order valence-electron chi connectivity index (χ2n) is 8.21. The van der Waals surface area contributed by atoms with Gasteiger partial charge in [-0.3, -0.25) is 0 Å². The van der Waals surface area contributed by atoms with Crippen molar-refractivity contribution in [2.45, 2.75) is 65.2 Å². The molecule has 0 N–H and O–H groups in total. The lowest BCUT2D eigenvalue weighted by atomic mass is 9.99. The highest BCUT2D eigenvalue weighted by Gasteiger charge is 2.14. The van der Waals surface area contributed by atoms with Crippen LogP contribution in [-0.4, -0.2) is 0 Å². The Morgan fingerprint density at radius 2 is 1.29 bits per heavy atom. The third kappa shape index (κ3) is 5.78. The minimum atomic E-state index is -0.923. The number of hydrogen-bond donors (Lipinski definition) is 0. The Morgan fingerprint density at radius 3 is 1.97 bits per heavy atom. The summed E-state index contributed by atoms with van der Waals surface area (Å²) in [5, 5.41) is 1.02. The van der Waals surface area contributed by atoms with Crippen LogP contribution in [0.2, 0.25) is 0 Å². The van der Waals surface area contributed by atoms with Crippen molar-refractivity contribution in [1.29, 1.82) is 0 Å². The second kappa shape index (κ2) is 11.2. The van der Waals surface area contributed by atoms with Crippen LogP contribution in [0.3, 0.4) is 0 Å². The molecular weight excluding hydrogens is 393 g/mol. The van der Waals surface area contributed by atoms with E-state index < -0.39 is 11.7 Å². The van der Waals surface area contributed by atoms with E-state index in [9.17, 15) is 13.2 Å². The topological polar surface area (TPSA) is 0 Å². The van der Waals surface area contributed by atoms with E-state index in [1.54, 1.807) is 30.3 Å². The fourth-order valence-electron chi connectivity index (χ4n) is 3.88. The van der Waals surface area contributed by atoms with Gasteiger partial charge >= 0.3 is 0 Å². The van der Waals surface area contributed by atoms with E-state index in [2.05, 4.69) is 13.8 Å². The Bertz CT molecular complexity index is 1030. The molecule has 0 unspecified atom stereocenters. The lowest BCUT2D eigenvalue weighted by molar-refractivity contribution is 0.609. The minimum Gasteiger partial charge on any atom is -0.206 e. The summed E-state index contributed by atoms with van der Waals surface area (Å²) in [5.41, 5.74) is 2.14. The summed E-state index contributed by atoms with van der Waals surface area (Å²) < 4.78 is 44.5. The maximum Gasteiger partial charge on any atom is 0.166 e. The van der Waals surface area contributed by atoms with Crippen molar-refractivity contribution >= 4 is 22.4 Å². The van der Waals surface area contributed by atoms with Crippen molar-refractivity contribution in [1.82, 2.24) is 0 Å². The first kappa shape index (κ1) is 23.1. The molecule has 0 aliphatic heterocycles. The monoisotopic (exact) mass is 424 g/mol. The Morgan fingerprint density at radius 1 is 0.677 bits per heavy atom. The van der Waals surface area contributed by atoms with Crippen molar-refractivity contribution < 1.29 is 13.2 Å². The molecule has 0 amide bonds. The SMILES string of the molecule is CCCCCc1ccc(C(F)=C(F)c2ccc3c(F)c(CCCCC)ccc3c2)cc1. The van der Waals surface area contributed by atoms with E-state index in [-0.39, 0.29) is 16.9 Å². The van der Waals surface area contributed by atoms with Crippen LogP contribution in [0.15, 0.2) is 54.6 Å². The van der Waals surface area contributed by atoms with Gasteiger partial charge in [0.15, 0.2) is 11.7 Å². The van der Waals surface area contributed by atoms with E-state index in [4.69, 9.17) is 0 Å². The highest BCUT2D eigenvalue weighted by Crippen LogP contribution is 2.32. The lowest BCUT2D eigenvalue weighted by Crippen LogP contribution is -1.93. The van der Waals surface area contributed by atoms with Gasteiger partial charge in [-0.15, -0.1) is 0 Å². The molecule has 0 aromatic heterocycles. The van der Waals surface area contributed by atoms with Crippen LogP contribution in [0, 0.1) is 5.82 Å². The molecule has 3 aromatic carbocycles. The summed E-state index contributed by atoms with van der Waals surface area (Å²) in [6, 6.07) is 15.0. The zero-order valence-corrected chi connectivity index (χ0v) is 18.5. The van der Waals surface area contributed by atoms with E-state index in [0.717, 1.165) is 50.5 Å². The summed E-state index contributed by atoms with van der Waals surface area (Å²) in [6.45, 7) is 4.27.